The van der Waals surface area contributed by atoms with Crippen LogP contribution in [-0.4, -0.2) is 40.3 Å². The fourth-order valence-corrected chi connectivity index (χ4v) is 2.30. The van der Waals surface area contributed by atoms with E-state index < -0.39 is 36.0 Å². The number of phenolic OH excluding ortho intramolecular Hbond substituents is 2. The van der Waals surface area contributed by atoms with Crippen LogP contribution in [0.25, 0.3) is 0 Å². The van der Waals surface area contributed by atoms with Gasteiger partial charge in [0.1, 0.15) is 0 Å². The number of piperidine rings is 1. The van der Waals surface area contributed by atoms with Crippen molar-refractivity contribution in [1.29, 1.82) is 0 Å². The fourth-order valence-electron chi connectivity index (χ4n) is 2.30. The Kier molecular flexibility index (Phi) is 3.78. The van der Waals surface area contributed by atoms with E-state index in [2.05, 4.69) is 0 Å². The predicted molar refractivity (Wildman–Crippen MR) is 64.5 cm³/mol. The molecule has 0 spiro atoms. The predicted octanol–water partition coefficient (Wildman–Crippen LogP) is 2.51. The minimum Gasteiger partial charge on any atom is -0.504 e. The smallest absolute Gasteiger partial charge is 0.393 e. The van der Waals surface area contributed by atoms with Crippen LogP contribution >= 0.6 is 0 Å². The van der Waals surface area contributed by atoms with Gasteiger partial charge in [-0.3, -0.25) is 4.79 Å². The zero-order chi connectivity index (χ0) is 14.9. The average molecular weight is 289 g/mol. The standard InChI is InChI=1S/C13H14F3NO3/c14-13(15,16)8-3-2-6-17(7-8)12(20)9-4-1-5-10(18)11(9)19/h1,4-5,8,18-19H,2-3,6-7H2. The zero-order valence-corrected chi connectivity index (χ0v) is 10.5. The minimum atomic E-state index is -4.33. The fraction of sp³-hybridized carbons (Fsp3) is 0.462. The quantitative estimate of drug-likeness (QED) is 0.781. The summed E-state index contributed by atoms with van der Waals surface area (Å²) in [6.07, 6.45) is -4.07. The lowest BCUT2D eigenvalue weighted by Gasteiger charge is -2.33. The number of amides is 1. The van der Waals surface area contributed by atoms with E-state index in [0.29, 0.717) is 0 Å². The molecule has 2 rings (SSSR count). The van der Waals surface area contributed by atoms with Crippen LogP contribution in [0.5, 0.6) is 11.5 Å². The third-order valence-electron chi connectivity index (χ3n) is 3.42. The Morgan fingerprint density at radius 2 is 2.00 bits per heavy atom. The number of rotatable bonds is 1. The van der Waals surface area contributed by atoms with Gasteiger partial charge in [-0.1, -0.05) is 6.07 Å². The molecule has 1 heterocycles. The Balaban J connectivity index is 2.19. The first-order valence-corrected chi connectivity index (χ1v) is 6.17. The molecule has 1 aromatic rings. The molecule has 1 amide bonds. The Bertz CT molecular complexity index is 516. The van der Waals surface area contributed by atoms with Crippen molar-refractivity contribution in [3.05, 3.63) is 23.8 Å². The highest BCUT2D eigenvalue weighted by Crippen LogP contribution is 2.35. The number of hydrogen-bond donors (Lipinski definition) is 2. The van der Waals surface area contributed by atoms with Crippen LogP contribution in [0.2, 0.25) is 0 Å². The van der Waals surface area contributed by atoms with E-state index in [-0.39, 0.29) is 24.9 Å². The van der Waals surface area contributed by atoms with Crippen molar-refractivity contribution in [3.63, 3.8) is 0 Å². The maximum Gasteiger partial charge on any atom is 0.393 e. The van der Waals surface area contributed by atoms with Gasteiger partial charge in [0, 0.05) is 13.1 Å². The van der Waals surface area contributed by atoms with E-state index in [0.717, 1.165) is 4.90 Å². The second-order valence-electron chi connectivity index (χ2n) is 4.81. The van der Waals surface area contributed by atoms with E-state index in [1.165, 1.54) is 18.2 Å². The van der Waals surface area contributed by atoms with Crippen molar-refractivity contribution < 1.29 is 28.2 Å². The normalized spacial score (nSPS) is 19.9. The van der Waals surface area contributed by atoms with Gasteiger partial charge in [-0.05, 0) is 25.0 Å². The monoisotopic (exact) mass is 289 g/mol. The molecule has 1 aliphatic heterocycles. The third kappa shape index (κ3) is 2.81. The number of hydrogen-bond acceptors (Lipinski definition) is 3. The van der Waals surface area contributed by atoms with Crippen LogP contribution in [-0.2, 0) is 0 Å². The highest BCUT2D eigenvalue weighted by atomic mass is 19.4. The molecule has 7 heteroatoms. The molecule has 1 fully saturated rings. The topological polar surface area (TPSA) is 60.8 Å². The van der Waals surface area contributed by atoms with Crippen molar-refractivity contribution >= 4 is 5.91 Å². The molecule has 0 aromatic heterocycles. The molecule has 2 N–H and O–H groups in total. The maximum absolute atomic E-state index is 12.7. The Morgan fingerprint density at radius 1 is 1.30 bits per heavy atom. The minimum absolute atomic E-state index is 0.000693. The number of carbonyl (C=O) groups is 1. The molecular formula is C13H14F3NO3. The Morgan fingerprint density at radius 3 is 2.65 bits per heavy atom. The van der Waals surface area contributed by atoms with Gasteiger partial charge in [0.25, 0.3) is 5.91 Å². The van der Waals surface area contributed by atoms with Crippen LogP contribution in [0.4, 0.5) is 13.2 Å². The Hall–Kier alpha value is -1.92. The summed E-state index contributed by atoms with van der Waals surface area (Å²) in [5, 5.41) is 18.9. The molecule has 1 unspecified atom stereocenters. The van der Waals surface area contributed by atoms with E-state index in [4.69, 9.17) is 0 Å². The highest BCUT2D eigenvalue weighted by molar-refractivity contribution is 5.97. The van der Waals surface area contributed by atoms with Crippen molar-refractivity contribution in [2.75, 3.05) is 13.1 Å². The summed E-state index contributed by atoms with van der Waals surface area (Å²) in [5.74, 6) is -3.32. The van der Waals surface area contributed by atoms with Crippen molar-refractivity contribution in [2.24, 2.45) is 5.92 Å². The van der Waals surface area contributed by atoms with Crippen LogP contribution < -0.4 is 0 Å². The number of para-hydroxylation sites is 1. The number of halogens is 3. The summed E-state index contributed by atoms with van der Waals surface area (Å²) in [6.45, 7) is -0.210. The second kappa shape index (κ2) is 5.22. The van der Waals surface area contributed by atoms with E-state index in [1.54, 1.807) is 0 Å². The van der Waals surface area contributed by atoms with Gasteiger partial charge >= 0.3 is 6.18 Å². The summed E-state index contributed by atoms with van der Waals surface area (Å²) < 4.78 is 38.1. The van der Waals surface area contributed by atoms with Gasteiger partial charge in [0.05, 0.1) is 11.5 Å². The summed E-state index contributed by atoms with van der Waals surface area (Å²) in [7, 11) is 0. The van der Waals surface area contributed by atoms with Gasteiger partial charge in [0.15, 0.2) is 11.5 Å². The molecule has 1 saturated heterocycles. The first kappa shape index (κ1) is 14.5. The number of aromatic hydroxyl groups is 2. The number of nitrogens with zero attached hydrogens (tertiary/aromatic N) is 1. The average Bonchev–Trinajstić information content (AvgIpc) is 2.40. The molecule has 110 valence electrons. The number of phenols is 2. The molecule has 0 radical (unpaired) electrons. The van der Waals surface area contributed by atoms with Crippen LogP contribution in [0, 0.1) is 5.92 Å². The zero-order valence-electron chi connectivity index (χ0n) is 10.5. The summed E-state index contributed by atoms with van der Waals surface area (Å²) in [4.78, 5) is 13.2. The molecule has 0 saturated carbocycles. The summed E-state index contributed by atoms with van der Waals surface area (Å²) in [5.41, 5.74) is -0.187. The number of alkyl halides is 3. The van der Waals surface area contributed by atoms with Crippen molar-refractivity contribution in [3.8, 4) is 11.5 Å². The van der Waals surface area contributed by atoms with Crippen molar-refractivity contribution in [1.82, 2.24) is 4.90 Å². The third-order valence-corrected chi connectivity index (χ3v) is 3.42. The molecule has 1 atom stereocenters. The molecular weight excluding hydrogens is 275 g/mol. The number of benzene rings is 1. The maximum atomic E-state index is 12.7. The lowest BCUT2D eigenvalue weighted by Crippen LogP contribution is -2.44. The highest BCUT2D eigenvalue weighted by Gasteiger charge is 2.43. The Labute approximate surface area is 113 Å². The summed E-state index contributed by atoms with van der Waals surface area (Å²) in [6, 6.07) is 3.82. The molecule has 1 aromatic carbocycles. The van der Waals surface area contributed by atoms with Crippen LogP contribution in [0.15, 0.2) is 18.2 Å². The number of carbonyl (C=O) groups excluding carboxylic acids is 1. The molecule has 4 nitrogen and oxygen atoms in total. The van der Waals surface area contributed by atoms with E-state index in [9.17, 15) is 28.2 Å². The molecule has 20 heavy (non-hydrogen) atoms. The van der Waals surface area contributed by atoms with E-state index >= 15 is 0 Å². The molecule has 0 aliphatic carbocycles. The van der Waals surface area contributed by atoms with Crippen molar-refractivity contribution in [2.45, 2.75) is 19.0 Å². The lowest BCUT2D eigenvalue weighted by molar-refractivity contribution is -0.184. The van der Waals surface area contributed by atoms with Crippen LogP contribution in [0.3, 0.4) is 0 Å². The first-order chi connectivity index (χ1) is 9.30. The second-order valence-corrected chi connectivity index (χ2v) is 4.81. The van der Waals surface area contributed by atoms with Gasteiger partial charge in [-0.2, -0.15) is 13.2 Å². The van der Waals surface area contributed by atoms with Crippen LogP contribution in [0.1, 0.15) is 23.2 Å². The lowest BCUT2D eigenvalue weighted by atomic mass is 9.97. The number of likely N-dealkylation sites (tertiary alicyclic amines) is 1. The van der Waals surface area contributed by atoms with Gasteiger partial charge < -0.3 is 15.1 Å². The molecule has 1 aliphatic rings. The first-order valence-electron chi connectivity index (χ1n) is 6.17. The van der Waals surface area contributed by atoms with Gasteiger partial charge in [-0.25, -0.2) is 0 Å². The van der Waals surface area contributed by atoms with Gasteiger partial charge in [-0.15, -0.1) is 0 Å². The van der Waals surface area contributed by atoms with E-state index in [1.807, 2.05) is 0 Å². The molecule has 0 bridgehead atoms. The SMILES string of the molecule is O=C(c1cccc(O)c1O)N1CCCC(C(F)(F)F)C1. The van der Waals surface area contributed by atoms with Gasteiger partial charge in [0.2, 0.25) is 0 Å². The largest absolute Gasteiger partial charge is 0.504 e. The summed E-state index contributed by atoms with van der Waals surface area (Å²) >= 11 is 0.